The zero-order chi connectivity index (χ0) is 18.5. The Hall–Kier alpha value is -2.99. The monoisotopic (exact) mass is 349 g/mol. The number of nitrogens with one attached hydrogen (secondary N) is 2. The Morgan fingerprint density at radius 3 is 2.58 bits per heavy atom. The minimum atomic E-state index is -0.142. The van der Waals surface area contributed by atoms with Crippen molar-refractivity contribution in [3.05, 3.63) is 59.9 Å². The number of benzene rings is 1. The van der Waals surface area contributed by atoms with Crippen LogP contribution in [0.3, 0.4) is 0 Å². The quantitative estimate of drug-likeness (QED) is 0.629. The zero-order valence-electron chi connectivity index (χ0n) is 15.2. The van der Waals surface area contributed by atoms with Crippen LogP contribution in [0.2, 0.25) is 0 Å². The van der Waals surface area contributed by atoms with Gasteiger partial charge in [-0.05, 0) is 50.1 Å². The van der Waals surface area contributed by atoms with Crippen LogP contribution in [0.25, 0.3) is 11.3 Å². The molecule has 0 fully saturated rings. The lowest BCUT2D eigenvalue weighted by Crippen LogP contribution is -2.21. The summed E-state index contributed by atoms with van der Waals surface area (Å²) in [6.45, 7) is 6.04. The number of nitrogens with zero attached hydrogens (tertiary/aromatic N) is 3. The van der Waals surface area contributed by atoms with E-state index in [0.717, 1.165) is 16.9 Å². The van der Waals surface area contributed by atoms with E-state index in [1.165, 1.54) is 11.1 Å². The van der Waals surface area contributed by atoms with E-state index in [0.29, 0.717) is 11.8 Å². The minimum Gasteiger partial charge on any atom is -0.394 e. The van der Waals surface area contributed by atoms with E-state index in [1.54, 1.807) is 12.4 Å². The second kappa shape index (κ2) is 7.93. The van der Waals surface area contributed by atoms with Gasteiger partial charge in [-0.2, -0.15) is 4.98 Å². The molecule has 3 aromatic rings. The van der Waals surface area contributed by atoms with Gasteiger partial charge < -0.3 is 15.7 Å². The average molecular weight is 349 g/mol. The highest BCUT2D eigenvalue weighted by Crippen LogP contribution is 2.26. The topological polar surface area (TPSA) is 83.0 Å². The first-order valence-electron chi connectivity index (χ1n) is 8.57. The average Bonchev–Trinajstić information content (AvgIpc) is 2.66. The highest BCUT2D eigenvalue weighted by molar-refractivity contribution is 5.68. The molecule has 0 amide bonds. The van der Waals surface area contributed by atoms with Gasteiger partial charge in [0.2, 0.25) is 5.95 Å². The third-order valence-corrected chi connectivity index (χ3v) is 4.22. The van der Waals surface area contributed by atoms with Crippen LogP contribution in [0.15, 0.2) is 48.8 Å². The van der Waals surface area contributed by atoms with E-state index in [1.807, 2.05) is 37.3 Å². The van der Waals surface area contributed by atoms with Gasteiger partial charge in [0.05, 0.1) is 12.3 Å². The molecule has 0 aliphatic rings. The SMILES string of the molecule is Cc1cccc(Nc2cc(-c3ccncc3)nc(N[C@@H](C)CO)n2)c1C. The summed E-state index contributed by atoms with van der Waals surface area (Å²) < 4.78 is 0. The molecule has 3 N–H and O–H groups in total. The van der Waals surface area contributed by atoms with Crippen molar-refractivity contribution in [3.8, 4) is 11.3 Å². The summed E-state index contributed by atoms with van der Waals surface area (Å²) in [7, 11) is 0. The van der Waals surface area contributed by atoms with Gasteiger partial charge >= 0.3 is 0 Å². The second-order valence-electron chi connectivity index (χ2n) is 6.30. The van der Waals surface area contributed by atoms with E-state index in [9.17, 15) is 5.11 Å². The lowest BCUT2D eigenvalue weighted by Gasteiger charge is -2.15. The van der Waals surface area contributed by atoms with E-state index in [-0.39, 0.29) is 12.6 Å². The Balaban J connectivity index is 2.00. The van der Waals surface area contributed by atoms with Crippen LogP contribution in [0.4, 0.5) is 17.5 Å². The van der Waals surface area contributed by atoms with Crippen LogP contribution in [0, 0.1) is 13.8 Å². The van der Waals surface area contributed by atoms with Gasteiger partial charge in [-0.25, -0.2) is 4.98 Å². The standard InChI is InChI=1S/C20H23N5O/c1-13-5-4-6-17(15(13)3)23-19-11-18(16-7-9-21-10-8-16)24-20(25-19)22-14(2)12-26/h4-11,14,26H,12H2,1-3H3,(H2,22,23,24,25)/t14-/m0/s1. The van der Waals surface area contributed by atoms with Gasteiger partial charge in [-0.3, -0.25) is 4.98 Å². The maximum atomic E-state index is 9.31. The Bertz CT molecular complexity index is 883. The molecule has 0 aliphatic carbocycles. The van der Waals surface area contributed by atoms with Crippen LogP contribution >= 0.6 is 0 Å². The molecule has 3 rings (SSSR count). The highest BCUT2D eigenvalue weighted by atomic mass is 16.3. The number of anilines is 3. The summed E-state index contributed by atoms with van der Waals surface area (Å²) in [5, 5.41) is 15.8. The van der Waals surface area contributed by atoms with Crippen LogP contribution in [0.1, 0.15) is 18.1 Å². The van der Waals surface area contributed by atoms with Gasteiger partial charge in [0.25, 0.3) is 0 Å². The van der Waals surface area contributed by atoms with Crippen molar-refractivity contribution in [2.24, 2.45) is 0 Å². The molecule has 0 aliphatic heterocycles. The fourth-order valence-electron chi connectivity index (χ4n) is 2.54. The lowest BCUT2D eigenvalue weighted by atomic mass is 10.1. The molecule has 6 heteroatoms. The molecule has 26 heavy (non-hydrogen) atoms. The summed E-state index contributed by atoms with van der Waals surface area (Å²) in [5.41, 5.74) is 5.12. The normalized spacial score (nSPS) is 11.8. The number of aliphatic hydroxyl groups is 1. The number of aryl methyl sites for hydroxylation is 1. The number of aliphatic hydroxyl groups excluding tert-OH is 1. The van der Waals surface area contributed by atoms with Gasteiger partial charge in [0.15, 0.2) is 0 Å². The van der Waals surface area contributed by atoms with Gasteiger partial charge in [-0.1, -0.05) is 12.1 Å². The van der Waals surface area contributed by atoms with Crippen molar-refractivity contribution in [2.75, 3.05) is 17.2 Å². The first-order valence-corrected chi connectivity index (χ1v) is 8.57. The summed E-state index contributed by atoms with van der Waals surface area (Å²) in [6, 6.07) is 11.7. The third kappa shape index (κ3) is 4.15. The van der Waals surface area contributed by atoms with Crippen molar-refractivity contribution < 1.29 is 5.11 Å². The molecule has 0 bridgehead atoms. The summed E-state index contributed by atoms with van der Waals surface area (Å²) in [5.74, 6) is 1.15. The van der Waals surface area contributed by atoms with Crippen molar-refractivity contribution in [1.82, 2.24) is 15.0 Å². The van der Waals surface area contributed by atoms with Crippen LogP contribution in [0.5, 0.6) is 0 Å². The molecule has 0 radical (unpaired) electrons. The molecular formula is C20H23N5O. The van der Waals surface area contributed by atoms with Gasteiger partial charge in [0.1, 0.15) is 5.82 Å². The Labute approximate surface area is 153 Å². The number of hydrogen-bond donors (Lipinski definition) is 3. The molecule has 2 heterocycles. The predicted molar refractivity (Wildman–Crippen MR) is 105 cm³/mol. The Kier molecular flexibility index (Phi) is 5.43. The van der Waals surface area contributed by atoms with E-state index in [4.69, 9.17) is 0 Å². The molecule has 0 spiro atoms. The van der Waals surface area contributed by atoms with E-state index >= 15 is 0 Å². The van der Waals surface area contributed by atoms with Gasteiger partial charge in [-0.15, -0.1) is 0 Å². The lowest BCUT2D eigenvalue weighted by molar-refractivity contribution is 0.281. The fourth-order valence-corrected chi connectivity index (χ4v) is 2.54. The van der Waals surface area contributed by atoms with Crippen molar-refractivity contribution in [3.63, 3.8) is 0 Å². The van der Waals surface area contributed by atoms with E-state index < -0.39 is 0 Å². The Morgan fingerprint density at radius 1 is 1.08 bits per heavy atom. The molecule has 0 unspecified atom stereocenters. The largest absolute Gasteiger partial charge is 0.394 e. The van der Waals surface area contributed by atoms with Crippen molar-refractivity contribution >= 4 is 17.5 Å². The summed E-state index contributed by atoms with van der Waals surface area (Å²) in [4.78, 5) is 13.2. The minimum absolute atomic E-state index is 0.00257. The van der Waals surface area contributed by atoms with Crippen molar-refractivity contribution in [2.45, 2.75) is 26.8 Å². The second-order valence-corrected chi connectivity index (χ2v) is 6.30. The molecule has 0 saturated carbocycles. The fraction of sp³-hybridized carbons (Fsp3) is 0.250. The first kappa shape index (κ1) is 17.8. The van der Waals surface area contributed by atoms with Crippen LogP contribution < -0.4 is 10.6 Å². The number of rotatable bonds is 6. The molecule has 1 atom stereocenters. The maximum Gasteiger partial charge on any atom is 0.225 e. The molecule has 2 aromatic heterocycles. The molecule has 0 saturated heterocycles. The first-order chi connectivity index (χ1) is 12.6. The number of hydrogen-bond acceptors (Lipinski definition) is 6. The van der Waals surface area contributed by atoms with Crippen molar-refractivity contribution in [1.29, 1.82) is 0 Å². The predicted octanol–water partition coefficient (Wildman–Crippen LogP) is 3.69. The highest BCUT2D eigenvalue weighted by Gasteiger charge is 2.10. The zero-order valence-corrected chi connectivity index (χ0v) is 15.2. The van der Waals surface area contributed by atoms with Crippen LogP contribution in [-0.4, -0.2) is 32.7 Å². The summed E-state index contributed by atoms with van der Waals surface area (Å²) >= 11 is 0. The maximum absolute atomic E-state index is 9.31. The smallest absolute Gasteiger partial charge is 0.225 e. The number of aromatic nitrogens is 3. The van der Waals surface area contributed by atoms with Crippen LogP contribution in [-0.2, 0) is 0 Å². The summed E-state index contributed by atoms with van der Waals surface area (Å²) in [6.07, 6.45) is 3.47. The molecule has 1 aromatic carbocycles. The Morgan fingerprint density at radius 2 is 1.85 bits per heavy atom. The number of pyridine rings is 1. The molecule has 134 valence electrons. The molecular weight excluding hydrogens is 326 g/mol. The van der Waals surface area contributed by atoms with E-state index in [2.05, 4.69) is 45.5 Å². The molecule has 6 nitrogen and oxygen atoms in total. The van der Waals surface area contributed by atoms with Gasteiger partial charge in [0, 0.05) is 35.8 Å². The third-order valence-electron chi connectivity index (χ3n) is 4.22.